The third kappa shape index (κ3) is 3.94. The monoisotopic (exact) mass is 347 g/mol. The van der Waals surface area contributed by atoms with Crippen LogP contribution in [0.25, 0.3) is 0 Å². The maximum atomic E-state index is 12.5. The Morgan fingerprint density at radius 3 is 2.76 bits per heavy atom. The zero-order valence-corrected chi connectivity index (χ0v) is 13.6. The van der Waals surface area contributed by atoms with Gasteiger partial charge in [-0.1, -0.05) is 5.16 Å². The number of carbonyl (C=O) groups excluding carboxylic acids is 1. The van der Waals surface area contributed by atoms with Crippen LogP contribution in [-0.2, 0) is 16.1 Å². The molecule has 2 heterocycles. The van der Waals surface area contributed by atoms with Gasteiger partial charge in [-0.2, -0.15) is 0 Å². The van der Waals surface area contributed by atoms with Gasteiger partial charge in [-0.15, -0.1) is 0 Å². The van der Waals surface area contributed by atoms with E-state index < -0.39 is 10.9 Å². The lowest BCUT2D eigenvalue weighted by molar-refractivity contribution is -0.384. The summed E-state index contributed by atoms with van der Waals surface area (Å²) in [7, 11) is 0. The maximum absolute atomic E-state index is 12.5. The maximum Gasteiger partial charge on any atom is 0.340 e. The van der Waals surface area contributed by atoms with Gasteiger partial charge in [-0.3, -0.25) is 10.1 Å². The van der Waals surface area contributed by atoms with Crippen molar-refractivity contribution in [2.24, 2.45) is 0 Å². The number of hydrogen-bond acceptors (Lipinski definition) is 8. The molecule has 0 aliphatic carbocycles. The summed E-state index contributed by atoms with van der Waals surface area (Å²) in [5.74, 6) is -0.247. The Morgan fingerprint density at radius 1 is 1.36 bits per heavy atom. The number of anilines is 1. The number of aromatic nitrogens is 1. The molecular formula is C16H17N3O6. The van der Waals surface area contributed by atoms with Gasteiger partial charge in [-0.25, -0.2) is 4.79 Å². The zero-order chi connectivity index (χ0) is 17.8. The topological polar surface area (TPSA) is 108 Å². The van der Waals surface area contributed by atoms with E-state index in [2.05, 4.69) is 5.16 Å². The fourth-order valence-electron chi connectivity index (χ4n) is 2.58. The van der Waals surface area contributed by atoms with Crippen LogP contribution in [0.3, 0.4) is 0 Å². The fraction of sp³-hybridized carbons (Fsp3) is 0.375. The lowest BCUT2D eigenvalue weighted by Gasteiger charge is -2.30. The number of esters is 1. The molecule has 0 atom stereocenters. The first-order valence-corrected chi connectivity index (χ1v) is 7.75. The summed E-state index contributed by atoms with van der Waals surface area (Å²) in [4.78, 5) is 24.9. The largest absolute Gasteiger partial charge is 0.454 e. The number of benzene rings is 1. The predicted octanol–water partition coefficient (Wildman–Crippen LogP) is 2.08. The van der Waals surface area contributed by atoms with Gasteiger partial charge in [0.2, 0.25) is 0 Å². The zero-order valence-electron chi connectivity index (χ0n) is 13.6. The van der Waals surface area contributed by atoms with E-state index in [1.54, 1.807) is 19.1 Å². The third-order valence-electron chi connectivity index (χ3n) is 3.78. The number of carbonyl (C=O) groups is 1. The number of nitro benzene ring substituents is 1. The first kappa shape index (κ1) is 16.9. The Balaban J connectivity index is 1.83. The van der Waals surface area contributed by atoms with Gasteiger partial charge < -0.3 is 18.9 Å². The van der Waals surface area contributed by atoms with Crippen molar-refractivity contribution in [3.8, 4) is 0 Å². The summed E-state index contributed by atoms with van der Waals surface area (Å²) in [5, 5.41) is 14.8. The first-order chi connectivity index (χ1) is 12.0. The standard InChI is InChI=1S/C16H17N3O6/c1-11-8-13(25-17-11)10-24-16(20)14-9-12(19(21)22)2-3-15(14)18-4-6-23-7-5-18/h2-3,8-9H,4-7,10H2,1H3. The number of non-ortho nitro benzene ring substituents is 1. The summed E-state index contributed by atoms with van der Waals surface area (Å²) in [5.41, 5.74) is 1.25. The molecule has 1 saturated heterocycles. The number of hydrogen-bond donors (Lipinski definition) is 0. The first-order valence-electron chi connectivity index (χ1n) is 7.75. The molecule has 1 aliphatic heterocycles. The molecule has 1 aliphatic rings. The second kappa shape index (κ2) is 7.31. The van der Waals surface area contributed by atoms with Crippen molar-refractivity contribution in [1.29, 1.82) is 0 Å². The predicted molar refractivity (Wildman–Crippen MR) is 86.5 cm³/mol. The molecule has 132 valence electrons. The molecule has 0 saturated carbocycles. The molecular weight excluding hydrogens is 330 g/mol. The average Bonchev–Trinajstić information content (AvgIpc) is 3.05. The highest BCUT2D eigenvalue weighted by Crippen LogP contribution is 2.27. The van der Waals surface area contributed by atoms with E-state index in [1.165, 1.54) is 12.1 Å². The highest BCUT2D eigenvalue weighted by atomic mass is 16.6. The van der Waals surface area contributed by atoms with Crippen molar-refractivity contribution < 1.29 is 23.7 Å². The van der Waals surface area contributed by atoms with E-state index in [1.807, 2.05) is 4.90 Å². The molecule has 1 aromatic heterocycles. The Hall–Kier alpha value is -2.94. The number of nitro groups is 1. The molecule has 2 aromatic rings. The number of rotatable bonds is 5. The SMILES string of the molecule is Cc1cc(COC(=O)c2cc([N+](=O)[O-])ccc2N2CCOCC2)on1. The average molecular weight is 347 g/mol. The summed E-state index contributed by atoms with van der Waals surface area (Å²) < 4.78 is 15.5. The molecule has 0 unspecified atom stereocenters. The molecule has 0 radical (unpaired) electrons. The molecule has 0 N–H and O–H groups in total. The van der Waals surface area contributed by atoms with Crippen LogP contribution in [0.15, 0.2) is 28.8 Å². The van der Waals surface area contributed by atoms with Gasteiger partial charge in [0.25, 0.3) is 5.69 Å². The Bertz CT molecular complexity index is 782. The lowest BCUT2D eigenvalue weighted by Crippen LogP contribution is -2.37. The molecule has 3 rings (SSSR count). The third-order valence-corrected chi connectivity index (χ3v) is 3.78. The van der Waals surface area contributed by atoms with Crippen LogP contribution in [0, 0.1) is 17.0 Å². The highest BCUT2D eigenvalue weighted by molar-refractivity contribution is 5.96. The minimum atomic E-state index is -0.653. The van der Waals surface area contributed by atoms with Crippen molar-refractivity contribution in [3.05, 3.63) is 51.4 Å². The Labute approximate surface area is 143 Å². The van der Waals surface area contributed by atoms with Crippen molar-refractivity contribution in [1.82, 2.24) is 5.16 Å². The van der Waals surface area contributed by atoms with Gasteiger partial charge in [0, 0.05) is 31.3 Å². The molecule has 9 nitrogen and oxygen atoms in total. The summed E-state index contributed by atoms with van der Waals surface area (Å²) >= 11 is 0. The van der Waals surface area contributed by atoms with E-state index in [0.717, 1.165) is 0 Å². The second-order valence-corrected chi connectivity index (χ2v) is 5.57. The van der Waals surface area contributed by atoms with Crippen LogP contribution in [-0.4, -0.2) is 42.4 Å². The Kier molecular flexibility index (Phi) is 4.94. The van der Waals surface area contributed by atoms with Gasteiger partial charge in [0.1, 0.15) is 0 Å². The van der Waals surface area contributed by atoms with Crippen LogP contribution < -0.4 is 4.90 Å². The fourth-order valence-corrected chi connectivity index (χ4v) is 2.58. The molecule has 9 heteroatoms. The van der Waals surface area contributed by atoms with Crippen LogP contribution in [0.4, 0.5) is 11.4 Å². The molecule has 1 fully saturated rings. The van der Waals surface area contributed by atoms with Crippen LogP contribution in [0.1, 0.15) is 21.8 Å². The summed E-state index contributed by atoms with van der Waals surface area (Å²) in [6.45, 7) is 3.92. The van der Waals surface area contributed by atoms with Gasteiger partial charge in [0.05, 0.1) is 35.1 Å². The van der Waals surface area contributed by atoms with Gasteiger partial charge >= 0.3 is 5.97 Å². The van der Waals surface area contributed by atoms with Crippen molar-refractivity contribution in [3.63, 3.8) is 0 Å². The lowest BCUT2D eigenvalue weighted by atomic mass is 10.1. The van der Waals surface area contributed by atoms with E-state index in [0.29, 0.717) is 43.4 Å². The van der Waals surface area contributed by atoms with E-state index in [9.17, 15) is 14.9 Å². The van der Waals surface area contributed by atoms with Gasteiger partial charge in [-0.05, 0) is 13.0 Å². The molecule has 1 aromatic carbocycles. The molecule has 0 bridgehead atoms. The normalized spacial score (nSPS) is 14.4. The minimum absolute atomic E-state index is 0.0923. The summed E-state index contributed by atoms with van der Waals surface area (Å²) in [6.07, 6.45) is 0. The Morgan fingerprint density at radius 2 is 2.12 bits per heavy atom. The smallest absolute Gasteiger partial charge is 0.340 e. The number of morpholine rings is 1. The van der Waals surface area contributed by atoms with E-state index >= 15 is 0 Å². The minimum Gasteiger partial charge on any atom is -0.454 e. The number of nitrogens with zero attached hydrogens (tertiary/aromatic N) is 3. The van der Waals surface area contributed by atoms with Crippen LogP contribution in [0.2, 0.25) is 0 Å². The summed E-state index contributed by atoms with van der Waals surface area (Å²) in [6, 6.07) is 5.84. The van der Waals surface area contributed by atoms with Crippen molar-refractivity contribution in [2.75, 3.05) is 31.2 Å². The number of aryl methyl sites for hydroxylation is 1. The quantitative estimate of drug-likeness (QED) is 0.459. The van der Waals surface area contributed by atoms with Crippen molar-refractivity contribution >= 4 is 17.3 Å². The van der Waals surface area contributed by atoms with E-state index in [4.69, 9.17) is 14.0 Å². The van der Waals surface area contributed by atoms with Crippen LogP contribution in [0.5, 0.6) is 0 Å². The van der Waals surface area contributed by atoms with Crippen LogP contribution >= 0.6 is 0 Å². The van der Waals surface area contributed by atoms with Gasteiger partial charge in [0.15, 0.2) is 12.4 Å². The second-order valence-electron chi connectivity index (χ2n) is 5.57. The molecule has 0 spiro atoms. The number of ether oxygens (including phenoxy) is 2. The molecule has 0 amide bonds. The van der Waals surface area contributed by atoms with Crippen molar-refractivity contribution in [2.45, 2.75) is 13.5 Å². The van der Waals surface area contributed by atoms with E-state index in [-0.39, 0.29) is 17.9 Å². The molecule has 25 heavy (non-hydrogen) atoms. The highest BCUT2D eigenvalue weighted by Gasteiger charge is 2.23.